The van der Waals surface area contributed by atoms with E-state index in [0.29, 0.717) is 23.2 Å². The zero-order valence-electron chi connectivity index (χ0n) is 12.6. The molecule has 0 aliphatic heterocycles. The second-order valence-corrected chi connectivity index (χ2v) is 5.43. The quantitative estimate of drug-likeness (QED) is 0.603. The molecule has 2 aromatic heterocycles. The van der Waals surface area contributed by atoms with Crippen molar-refractivity contribution in [2.24, 2.45) is 0 Å². The average Bonchev–Trinajstić information content (AvgIpc) is 2.89. The van der Waals surface area contributed by atoms with Gasteiger partial charge in [-0.25, -0.2) is 32.0 Å². The molecule has 0 atom stereocenters. The number of rotatable bonds is 2. The highest BCUT2D eigenvalue weighted by molar-refractivity contribution is 5.81. The minimum Gasteiger partial charge on any atom is -0.381 e. The second kappa shape index (κ2) is 5.33. The zero-order chi connectivity index (χ0) is 17.7. The summed E-state index contributed by atoms with van der Waals surface area (Å²) in [6.45, 7) is -0.508. The number of aromatic nitrogens is 4. The molecule has 0 radical (unpaired) electrons. The van der Waals surface area contributed by atoms with Gasteiger partial charge in [0.05, 0.1) is 17.6 Å². The smallest absolute Gasteiger partial charge is 0.351 e. The summed E-state index contributed by atoms with van der Waals surface area (Å²) in [4.78, 5) is 16.8. The van der Waals surface area contributed by atoms with Crippen LogP contribution in [0.5, 0.6) is 0 Å². The van der Waals surface area contributed by atoms with Gasteiger partial charge in [0.2, 0.25) is 5.65 Å². The molecule has 0 amide bonds. The molecule has 0 aliphatic rings. The van der Waals surface area contributed by atoms with Crippen LogP contribution in [-0.4, -0.2) is 19.2 Å². The SMILES string of the molecule is Nc1nc2ccccc2n2c(=O)n(Cc3c(F)cc(F)cc3F)nc12. The van der Waals surface area contributed by atoms with Gasteiger partial charge >= 0.3 is 5.69 Å². The molecule has 4 aromatic rings. The normalized spacial score (nSPS) is 11.5. The van der Waals surface area contributed by atoms with Gasteiger partial charge in [0.15, 0.2) is 5.82 Å². The first kappa shape index (κ1) is 15.2. The molecular weight excluding hydrogens is 335 g/mol. The molecule has 2 aromatic carbocycles. The monoisotopic (exact) mass is 345 g/mol. The highest BCUT2D eigenvalue weighted by Gasteiger charge is 2.18. The fourth-order valence-corrected chi connectivity index (χ4v) is 2.69. The van der Waals surface area contributed by atoms with E-state index in [4.69, 9.17) is 5.73 Å². The van der Waals surface area contributed by atoms with Crippen LogP contribution in [0.3, 0.4) is 0 Å². The molecule has 25 heavy (non-hydrogen) atoms. The lowest BCUT2D eigenvalue weighted by Crippen LogP contribution is -2.23. The van der Waals surface area contributed by atoms with Crippen molar-refractivity contribution < 1.29 is 13.2 Å². The van der Waals surface area contributed by atoms with Gasteiger partial charge in [-0.1, -0.05) is 12.1 Å². The van der Waals surface area contributed by atoms with Gasteiger partial charge in [-0.05, 0) is 12.1 Å². The first-order valence-electron chi connectivity index (χ1n) is 7.23. The Bertz CT molecular complexity index is 1170. The summed E-state index contributed by atoms with van der Waals surface area (Å²) >= 11 is 0. The van der Waals surface area contributed by atoms with E-state index in [9.17, 15) is 18.0 Å². The number of hydrogen-bond acceptors (Lipinski definition) is 4. The Morgan fingerprint density at radius 3 is 2.48 bits per heavy atom. The van der Waals surface area contributed by atoms with Gasteiger partial charge in [0.1, 0.15) is 17.5 Å². The zero-order valence-corrected chi connectivity index (χ0v) is 12.6. The summed E-state index contributed by atoms with van der Waals surface area (Å²) in [5, 5.41) is 4.01. The summed E-state index contributed by atoms with van der Waals surface area (Å²) in [6, 6.07) is 7.87. The maximum atomic E-state index is 13.8. The van der Waals surface area contributed by atoms with Crippen LogP contribution < -0.4 is 11.4 Å². The highest BCUT2D eigenvalue weighted by Crippen LogP contribution is 2.18. The van der Waals surface area contributed by atoms with Gasteiger partial charge in [0, 0.05) is 17.7 Å². The number of halogens is 3. The Morgan fingerprint density at radius 2 is 1.76 bits per heavy atom. The summed E-state index contributed by atoms with van der Waals surface area (Å²) in [5.41, 5.74) is 5.74. The Morgan fingerprint density at radius 1 is 1.08 bits per heavy atom. The number of anilines is 1. The Kier molecular flexibility index (Phi) is 3.24. The van der Waals surface area contributed by atoms with Crippen LogP contribution in [0.25, 0.3) is 16.7 Å². The molecule has 0 saturated carbocycles. The summed E-state index contributed by atoms with van der Waals surface area (Å²) in [6.07, 6.45) is 0. The molecule has 0 aliphatic carbocycles. The lowest BCUT2D eigenvalue weighted by molar-refractivity contribution is 0.505. The number of nitrogens with two attached hydrogens (primary N) is 1. The molecule has 4 rings (SSSR count). The first-order chi connectivity index (χ1) is 12.0. The van der Waals surface area contributed by atoms with E-state index in [1.54, 1.807) is 24.3 Å². The van der Waals surface area contributed by atoms with Crippen molar-refractivity contribution in [3.63, 3.8) is 0 Å². The molecule has 0 spiro atoms. The largest absolute Gasteiger partial charge is 0.381 e. The summed E-state index contributed by atoms with van der Waals surface area (Å²) in [5.74, 6) is -3.23. The van der Waals surface area contributed by atoms with Crippen molar-refractivity contribution in [1.82, 2.24) is 19.2 Å². The molecule has 0 bridgehead atoms. The van der Waals surface area contributed by atoms with Crippen LogP contribution in [0, 0.1) is 17.5 Å². The molecule has 2 heterocycles. The van der Waals surface area contributed by atoms with Crippen molar-refractivity contribution in [1.29, 1.82) is 0 Å². The van der Waals surface area contributed by atoms with Crippen LogP contribution in [0.1, 0.15) is 5.56 Å². The van der Waals surface area contributed by atoms with Gasteiger partial charge in [-0.2, -0.15) is 0 Å². The molecule has 6 nitrogen and oxygen atoms in total. The van der Waals surface area contributed by atoms with Gasteiger partial charge in [0.25, 0.3) is 0 Å². The standard InChI is InChI=1S/C16H10F3N5O/c17-8-5-10(18)9(11(19)6-8)7-23-16(25)24-13-4-2-1-3-12(13)21-14(20)15(24)22-23/h1-6H,7H2,(H2,20,21). The molecule has 0 saturated heterocycles. The molecule has 126 valence electrons. The fourth-order valence-electron chi connectivity index (χ4n) is 2.69. The van der Waals surface area contributed by atoms with E-state index in [1.165, 1.54) is 4.40 Å². The minimum atomic E-state index is -1.10. The molecular formula is C16H10F3N5O. The van der Waals surface area contributed by atoms with Gasteiger partial charge in [-0.15, -0.1) is 5.10 Å². The Labute approximate surface area is 137 Å². The summed E-state index contributed by atoms with van der Waals surface area (Å²) < 4.78 is 42.8. The van der Waals surface area contributed by atoms with E-state index >= 15 is 0 Å². The van der Waals surface area contributed by atoms with Crippen molar-refractivity contribution in [2.45, 2.75) is 6.54 Å². The van der Waals surface area contributed by atoms with Crippen LogP contribution in [0.4, 0.5) is 19.0 Å². The van der Waals surface area contributed by atoms with E-state index in [0.717, 1.165) is 4.68 Å². The van der Waals surface area contributed by atoms with E-state index < -0.39 is 35.2 Å². The van der Waals surface area contributed by atoms with Crippen LogP contribution in [0.15, 0.2) is 41.2 Å². The predicted molar refractivity (Wildman–Crippen MR) is 84.6 cm³/mol. The third kappa shape index (κ3) is 2.32. The average molecular weight is 345 g/mol. The van der Waals surface area contributed by atoms with Crippen molar-refractivity contribution in [3.05, 3.63) is 69.9 Å². The third-order valence-corrected chi connectivity index (χ3v) is 3.85. The third-order valence-electron chi connectivity index (χ3n) is 3.85. The molecule has 0 unspecified atom stereocenters. The van der Waals surface area contributed by atoms with Crippen LogP contribution >= 0.6 is 0 Å². The van der Waals surface area contributed by atoms with Crippen molar-refractivity contribution in [2.75, 3.05) is 5.73 Å². The second-order valence-electron chi connectivity index (χ2n) is 5.43. The van der Waals surface area contributed by atoms with Crippen molar-refractivity contribution in [3.8, 4) is 0 Å². The molecule has 9 heteroatoms. The number of fused-ring (bicyclic) bond motifs is 3. The number of hydrogen-bond donors (Lipinski definition) is 1. The number of nitrogen functional groups attached to an aromatic ring is 1. The fraction of sp³-hybridized carbons (Fsp3) is 0.0625. The summed E-state index contributed by atoms with van der Waals surface area (Å²) in [7, 11) is 0. The predicted octanol–water partition coefficient (Wildman–Crippen LogP) is 2.09. The van der Waals surface area contributed by atoms with Gasteiger partial charge in [-0.3, -0.25) is 0 Å². The Hall–Kier alpha value is -3.36. The van der Waals surface area contributed by atoms with Crippen LogP contribution in [-0.2, 0) is 6.54 Å². The maximum absolute atomic E-state index is 13.8. The molecule has 0 fully saturated rings. The topological polar surface area (TPSA) is 78.2 Å². The first-order valence-corrected chi connectivity index (χ1v) is 7.23. The maximum Gasteiger partial charge on any atom is 0.351 e. The van der Waals surface area contributed by atoms with E-state index in [2.05, 4.69) is 10.1 Å². The van der Waals surface area contributed by atoms with Crippen LogP contribution in [0.2, 0.25) is 0 Å². The molecule has 2 N–H and O–H groups in total. The minimum absolute atomic E-state index is 0.00889. The van der Waals surface area contributed by atoms with Crippen molar-refractivity contribution >= 4 is 22.5 Å². The van der Waals surface area contributed by atoms with E-state index in [1.807, 2.05) is 0 Å². The Balaban J connectivity index is 1.96. The highest BCUT2D eigenvalue weighted by atomic mass is 19.1. The number of para-hydroxylation sites is 2. The van der Waals surface area contributed by atoms with E-state index in [-0.39, 0.29) is 11.5 Å². The lowest BCUT2D eigenvalue weighted by atomic mass is 10.2. The lowest BCUT2D eigenvalue weighted by Gasteiger charge is -2.04. The number of nitrogens with zero attached hydrogens (tertiary/aromatic N) is 4. The van der Waals surface area contributed by atoms with Gasteiger partial charge < -0.3 is 5.73 Å². The number of benzene rings is 2.